The predicted molar refractivity (Wildman–Crippen MR) is 73.7 cm³/mol. The third kappa shape index (κ3) is 2.84. The first-order valence-corrected chi connectivity index (χ1v) is 6.75. The van der Waals surface area contributed by atoms with Gasteiger partial charge in [0.2, 0.25) is 11.9 Å². The minimum absolute atomic E-state index is 0.00619. The minimum Gasteiger partial charge on any atom is -0.341 e. The first-order chi connectivity index (χ1) is 9.17. The molecule has 0 aromatic carbocycles. The minimum atomic E-state index is -0.239. The van der Waals surface area contributed by atoms with Crippen molar-refractivity contribution in [1.82, 2.24) is 14.9 Å². The molecule has 1 amide bonds. The number of rotatable bonds is 4. The van der Waals surface area contributed by atoms with Crippen LogP contribution in [0.1, 0.15) is 20.3 Å². The number of nitrogens with two attached hydrogens (primary N) is 1. The van der Waals surface area contributed by atoms with Crippen LogP contribution < -0.4 is 10.6 Å². The third-order valence-corrected chi connectivity index (χ3v) is 3.50. The molecule has 1 aromatic rings. The number of carbonyl (C=O) groups is 1. The molecular weight excluding hydrogens is 242 g/mol. The van der Waals surface area contributed by atoms with E-state index >= 15 is 0 Å². The van der Waals surface area contributed by atoms with Crippen molar-refractivity contribution in [3.63, 3.8) is 0 Å². The highest BCUT2D eigenvalue weighted by molar-refractivity contribution is 5.85. The number of carbonyl (C=O) groups excluding carboxylic acids is 1. The zero-order valence-corrected chi connectivity index (χ0v) is 11.5. The summed E-state index contributed by atoms with van der Waals surface area (Å²) >= 11 is 0. The van der Waals surface area contributed by atoms with Gasteiger partial charge in [0.25, 0.3) is 0 Å². The molecule has 2 rings (SSSR count). The Balaban J connectivity index is 2.20. The van der Waals surface area contributed by atoms with Crippen molar-refractivity contribution in [2.45, 2.75) is 32.4 Å². The Hall–Kier alpha value is -1.69. The van der Waals surface area contributed by atoms with Gasteiger partial charge in [-0.25, -0.2) is 9.97 Å². The molecule has 1 saturated heterocycles. The monoisotopic (exact) mass is 263 g/mol. The number of hydrogen-bond donors (Lipinski definition) is 1. The third-order valence-electron chi connectivity index (χ3n) is 3.50. The zero-order valence-electron chi connectivity index (χ0n) is 11.5. The first-order valence-electron chi connectivity index (χ1n) is 6.75. The van der Waals surface area contributed by atoms with Crippen LogP contribution in [0.4, 0.5) is 5.95 Å². The molecule has 6 heteroatoms. The van der Waals surface area contributed by atoms with E-state index in [0.717, 1.165) is 0 Å². The van der Waals surface area contributed by atoms with Crippen molar-refractivity contribution >= 4 is 11.9 Å². The van der Waals surface area contributed by atoms with E-state index in [9.17, 15) is 4.79 Å². The van der Waals surface area contributed by atoms with E-state index in [1.165, 1.54) is 0 Å². The summed E-state index contributed by atoms with van der Waals surface area (Å²) in [7, 11) is 0. The highest BCUT2D eigenvalue weighted by Crippen LogP contribution is 2.22. The number of amides is 1. The first kappa shape index (κ1) is 13.7. The molecule has 1 aliphatic rings. The molecule has 2 heterocycles. The fraction of sp³-hybridized carbons (Fsp3) is 0.615. The van der Waals surface area contributed by atoms with Gasteiger partial charge in [0, 0.05) is 38.1 Å². The van der Waals surface area contributed by atoms with Crippen molar-refractivity contribution in [1.29, 1.82) is 0 Å². The Morgan fingerprint density at radius 1 is 1.42 bits per heavy atom. The van der Waals surface area contributed by atoms with Gasteiger partial charge in [-0.2, -0.15) is 0 Å². The molecule has 0 saturated carbocycles. The number of nitrogens with zero attached hydrogens (tertiary/aromatic N) is 4. The largest absolute Gasteiger partial charge is 0.341 e. The molecule has 1 aromatic heterocycles. The van der Waals surface area contributed by atoms with E-state index in [0.29, 0.717) is 32.0 Å². The van der Waals surface area contributed by atoms with Crippen LogP contribution in [0.3, 0.4) is 0 Å². The van der Waals surface area contributed by atoms with Gasteiger partial charge in [-0.05, 0) is 26.3 Å². The number of aromatic nitrogens is 2. The summed E-state index contributed by atoms with van der Waals surface area (Å²) in [5, 5.41) is 0. The van der Waals surface area contributed by atoms with E-state index in [-0.39, 0.29) is 18.0 Å². The molecule has 1 aliphatic heterocycles. The molecule has 19 heavy (non-hydrogen) atoms. The molecule has 1 fully saturated rings. The summed E-state index contributed by atoms with van der Waals surface area (Å²) in [6, 6.07) is 1.52. The quantitative estimate of drug-likeness (QED) is 0.843. The molecule has 104 valence electrons. The standard InChI is InChI=1S/C13H21N5O/c1-3-17(4-2)12(19)11-8-10(14)9-18(11)13-15-6-5-7-16-13/h5-7,10-11H,3-4,8-9,14H2,1-2H3/t10-,11+/m1/s1. The summed E-state index contributed by atoms with van der Waals surface area (Å²) in [6.07, 6.45) is 4.03. The lowest BCUT2D eigenvalue weighted by molar-refractivity contribution is -0.132. The van der Waals surface area contributed by atoms with Crippen molar-refractivity contribution in [2.75, 3.05) is 24.5 Å². The average Bonchev–Trinajstić information content (AvgIpc) is 2.83. The van der Waals surface area contributed by atoms with Crippen LogP contribution in [0.5, 0.6) is 0 Å². The normalized spacial score (nSPS) is 22.6. The van der Waals surface area contributed by atoms with Crippen molar-refractivity contribution in [3.8, 4) is 0 Å². The lowest BCUT2D eigenvalue weighted by atomic mass is 10.1. The Labute approximate surface area is 113 Å². The topological polar surface area (TPSA) is 75.3 Å². The molecule has 2 N–H and O–H groups in total. The van der Waals surface area contributed by atoms with Crippen LogP contribution >= 0.6 is 0 Å². The Morgan fingerprint density at radius 3 is 2.63 bits per heavy atom. The summed E-state index contributed by atoms with van der Waals surface area (Å²) in [5.41, 5.74) is 6.01. The number of likely N-dealkylation sites (N-methyl/N-ethyl adjacent to an activating group) is 1. The van der Waals surface area contributed by atoms with Gasteiger partial charge < -0.3 is 15.5 Å². The van der Waals surface area contributed by atoms with E-state index in [1.807, 2.05) is 23.6 Å². The summed E-state index contributed by atoms with van der Waals surface area (Å²) in [4.78, 5) is 24.7. The Bertz CT molecular complexity index is 420. The van der Waals surface area contributed by atoms with E-state index < -0.39 is 0 Å². The number of anilines is 1. The van der Waals surface area contributed by atoms with Crippen molar-refractivity contribution < 1.29 is 4.79 Å². The van der Waals surface area contributed by atoms with Crippen molar-refractivity contribution in [3.05, 3.63) is 18.5 Å². The van der Waals surface area contributed by atoms with Crippen LogP contribution in [0, 0.1) is 0 Å². The Kier molecular flexibility index (Phi) is 4.31. The lowest BCUT2D eigenvalue weighted by Crippen LogP contribution is -2.46. The molecule has 0 aliphatic carbocycles. The van der Waals surface area contributed by atoms with Gasteiger partial charge >= 0.3 is 0 Å². The predicted octanol–water partition coefficient (Wildman–Crippen LogP) is 0.251. The second-order valence-corrected chi connectivity index (χ2v) is 4.72. The molecule has 0 unspecified atom stereocenters. The van der Waals surface area contributed by atoms with Crippen molar-refractivity contribution in [2.24, 2.45) is 5.73 Å². The Morgan fingerprint density at radius 2 is 2.05 bits per heavy atom. The highest BCUT2D eigenvalue weighted by Gasteiger charge is 2.38. The van der Waals surface area contributed by atoms with Gasteiger partial charge in [-0.15, -0.1) is 0 Å². The van der Waals surface area contributed by atoms with E-state index in [2.05, 4.69) is 9.97 Å². The zero-order chi connectivity index (χ0) is 13.8. The molecule has 6 nitrogen and oxygen atoms in total. The number of hydrogen-bond acceptors (Lipinski definition) is 5. The maximum absolute atomic E-state index is 12.5. The van der Waals surface area contributed by atoms with Gasteiger partial charge in [0.15, 0.2) is 0 Å². The maximum atomic E-state index is 12.5. The summed E-state index contributed by atoms with van der Waals surface area (Å²) in [6.45, 7) is 6.02. The fourth-order valence-electron chi connectivity index (χ4n) is 2.51. The molecular formula is C13H21N5O. The van der Waals surface area contributed by atoms with E-state index in [4.69, 9.17) is 5.73 Å². The summed E-state index contributed by atoms with van der Waals surface area (Å²) < 4.78 is 0. The molecule has 0 spiro atoms. The van der Waals surface area contributed by atoms with Gasteiger partial charge in [-0.1, -0.05) is 0 Å². The van der Waals surface area contributed by atoms with Crippen LogP contribution in [-0.4, -0.2) is 52.5 Å². The second kappa shape index (κ2) is 5.97. The van der Waals surface area contributed by atoms with Gasteiger partial charge in [-0.3, -0.25) is 4.79 Å². The summed E-state index contributed by atoms with van der Waals surface area (Å²) in [5.74, 6) is 0.700. The lowest BCUT2D eigenvalue weighted by Gasteiger charge is -2.28. The molecule has 0 bridgehead atoms. The molecule has 0 radical (unpaired) electrons. The molecule has 2 atom stereocenters. The smallest absolute Gasteiger partial charge is 0.245 e. The van der Waals surface area contributed by atoms with Gasteiger partial charge in [0.1, 0.15) is 6.04 Å². The van der Waals surface area contributed by atoms with Crippen LogP contribution in [-0.2, 0) is 4.79 Å². The fourth-order valence-corrected chi connectivity index (χ4v) is 2.51. The van der Waals surface area contributed by atoms with Crippen LogP contribution in [0.2, 0.25) is 0 Å². The van der Waals surface area contributed by atoms with E-state index in [1.54, 1.807) is 18.5 Å². The van der Waals surface area contributed by atoms with Gasteiger partial charge in [0.05, 0.1) is 0 Å². The van der Waals surface area contributed by atoms with Crippen LogP contribution in [0.15, 0.2) is 18.5 Å². The SMILES string of the molecule is CCN(CC)C(=O)[C@@H]1C[C@@H](N)CN1c1ncccn1. The average molecular weight is 263 g/mol. The maximum Gasteiger partial charge on any atom is 0.245 e. The second-order valence-electron chi connectivity index (χ2n) is 4.72. The van der Waals surface area contributed by atoms with Crippen LogP contribution in [0.25, 0.3) is 0 Å². The highest BCUT2D eigenvalue weighted by atomic mass is 16.2.